The molecule has 0 saturated heterocycles. The molecule has 1 aromatic heterocycles. The minimum atomic E-state index is -3.48. The summed E-state index contributed by atoms with van der Waals surface area (Å²) in [6, 6.07) is 9.41. The van der Waals surface area contributed by atoms with E-state index in [4.69, 9.17) is 5.73 Å². The van der Waals surface area contributed by atoms with Crippen LogP contribution in [0.15, 0.2) is 46.1 Å². The number of nitrogens with one attached hydrogen (secondary N) is 2. The molecule has 1 heterocycles. The van der Waals surface area contributed by atoms with Gasteiger partial charge in [-0.3, -0.25) is 4.99 Å². The molecule has 0 radical (unpaired) electrons. The van der Waals surface area contributed by atoms with Gasteiger partial charge < -0.3 is 15.6 Å². The van der Waals surface area contributed by atoms with E-state index in [0.717, 1.165) is 5.69 Å². The summed E-state index contributed by atoms with van der Waals surface area (Å²) in [5, 5.41) is 6.57. The fourth-order valence-corrected chi connectivity index (χ4v) is 3.14. The predicted molar refractivity (Wildman–Crippen MR) is 113 cm³/mol. The van der Waals surface area contributed by atoms with Gasteiger partial charge in [-0.15, -0.1) is 24.0 Å². The zero-order chi connectivity index (χ0) is 18.3. The van der Waals surface area contributed by atoms with Gasteiger partial charge in [-0.05, 0) is 23.6 Å². The average Bonchev–Trinajstić information content (AvgIpc) is 3.04. The molecule has 1 aromatic carbocycles. The Bertz CT molecular complexity index is 807. The van der Waals surface area contributed by atoms with Crippen LogP contribution in [0.1, 0.15) is 31.0 Å². The second kappa shape index (κ2) is 10.5. The van der Waals surface area contributed by atoms with Gasteiger partial charge in [-0.1, -0.05) is 31.1 Å². The van der Waals surface area contributed by atoms with Crippen molar-refractivity contribution in [2.24, 2.45) is 10.7 Å². The van der Waals surface area contributed by atoms with Crippen molar-refractivity contribution >= 4 is 45.6 Å². The standard InChI is InChI=1S/C16H23N5O3S.HI/c1-12(2)13-4-3-5-14(10-13)20-16(17)18-7-8-19-25(22,23)11-15-6-9-24-21-15;/h3-6,9-10,12,19H,7-8,11H2,1-2H3,(H3,17,18,20);1H. The first kappa shape index (κ1) is 22.4. The number of aromatic nitrogens is 1. The van der Waals surface area contributed by atoms with Crippen LogP contribution in [0.5, 0.6) is 0 Å². The van der Waals surface area contributed by atoms with E-state index in [2.05, 4.69) is 38.6 Å². The number of rotatable bonds is 8. The van der Waals surface area contributed by atoms with Crippen LogP contribution in [-0.4, -0.2) is 32.6 Å². The topological polar surface area (TPSA) is 123 Å². The van der Waals surface area contributed by atoms with Gasteiger partial charge in [0.25, 0.3) is 0 Å². The Morgan fingerprint density at radius 1 is 1.35 bits per heavy atom. The molecule has 0 amide bonds. The van der Waals surface area contributed by atoms with E-state index in [-0.39, 0.29) is 48.8 Å². The molecule has 4 N–H and O–H groups in total. The monoisotopic (exact) mass is 493 g/mol. The molecule has 0 aliphatic heterocycles. The molecule has 2 rings (SSSR count). The maximum absolute atomic E-state index is 11.8. The highest BCUT2D eigenvalue weighted by Gasteiger charge is 2.12. The van der Waals surface area contributed by atoms with Gasteiger partial charge in [0, 0.05) is 18.3 Å². The van der Waals surface area contributed by atoms with Crippen molar-refractivity contribution in [3.63, 3.8) is 0 Å². The fourth-order valence-electron chi connectivity index (χ4n) is 2.10. The number of benzene rings is 1. The molecule has 0 saturated carbocycles. The molecule has 0 spiro atoms. The predicted octanol–water partition coefficient (Wildman–Crippen LogP) is 2.26. The molecular formula is C16H24IN5O3S. The molecule has 0 aliphatic carbocycles. The minimum absolute atomic E-state index is 0. The Hall–Kier alpha value is -1.66. The summed E-state index contributed by atoms with van der Waals surface area (Å²) in [6.07, 6.45) is 1.33. The largest absolute Gasteiger partial charge is 0.370 e. The number of sulfonamides is 1. The van der Waals surface area contributed by atoms with Crippen LogP contribution in [-0.2, 0) is 15.8 Å². The molecule has 26 heavy (non-hydrogen) atoms. The molecule has 0 aliphatic rings. The van der Waals surface area contributed by atoms with Gasteiger partial charge in [0.2, 0.25) is 10.0 Å². The van der Waals surface area contributed by atoms with Crippen molar-refractivity contribution in [2.45, 2.75) is 25.5 Å². The summed E-state index contributed by atoms with van der Waals surface area (Å²) in [7, 11) is -3.48. The van der Waals surface area contributed by atoms with Crippen molar-refractivity contribution < 1.29 is 12.9 Å². The quantitative estimate of drug-likeness (QED) is 0.225. The maximum atomic E-state index is 11.8. The molecule has 0 atom stereocenters. The number of nitrogens with zero attached hydrogens (tertiary/aromatic N) is 2. The van der Waals surface area contributed by atoms with Gasteiger partial charge in [-0.25, -0.2) is 13.1 Å². The fraction of sp³-hybridized carbons (Fsp3) is 0.375. The first-order valence-corrected chi connectivity index (χ1v) is 9.54. The molecule has 8 nitrogen and oxygen atoms in total. The molecule has 2 aromatic rings. The van der Waals surface area contributed by atoms with Crippen LogP contribution in [0.2, 0.25) is 0 Å². The van der Waals surface area contributed by atoms with Gasteiger partial charge in [0.15, 0.2) is 5.96 Å². The molecule has 0 bridgehead atoms. The highest BCUT2D eigenvalue weighted by atomic mass is 127. The van der Waals surface area contributed by atoms with E-state index < -0.39 is 10.0 Å². The number of hydrogen-bond acceptors (Lipinski definition) is 5. The Morgan fingerprint density at radius 3 is 2.77 bits per heavy atom. The summed E-state index contributed by atoms with van der Waals surface area (Å²) < 4.78 is 30.7. The maximum Gasteiger partial charge on any atom is 0.217 e. The number of guanidine groups is 1. The molecular weight excluding hydrogens is 469 g/mol. The van der Waals surface area contributed by atoms with E-state index >= 15 is 0 Å². The first-order chi connectivity index (χ1) is 11.9. The van der Waals surface area contributed by atoms with Crippen LogP contribution in [0.25, 0.3) is 0 Å². The molecule has 0 fully saturated rings. The van der Waals surface area contributed by atoms with E-state index in [1.165, 1.54) is 17.9 Å². The van der Waals surface area contributed by atoms with Gasteiger partial charge in [-0.2, -0.15) is 0 Å². The summed E-state index contributed by atoms with van der Waals surface area (Å²) in [5.41, 5.74) is 8.22. The summed E-state index contributed by atoms with van der Waals surface area (Å²) in [5.74, 6) is 0.416. The van der Waals surface area contributed by atoms with E-state index in [1.54, 1.807) is 0 Å². The lowest BCUT2D eigenvalue weighted by atomic mass is 10.0. The third-order valence-electron chi connectivity index (χ3n) is 3.37. The normalized spacial score (nSPS) is 12.0. The zero-order valence-corrected chi connectivity index (χ0v) is 17.8. The van der Waals surface area contributed by atoms with E-state index in [9.17, 15) is 8.42 Å². The number of halogens is 1. The second-order valence-electron chi connectivity index (χ2n) is 5.82. The lowest BCUT2D eigenvalue weighted by molar-refractivity contribution is 0.413. The van der Waals surface area contributed by atoms with Gasteiger partial charge >= 0.3 is 0 Å². The number of aliphatic imine (C=N–C) groups is 1. The Kier molecular flexibility index (Phi) is 9.02. The third-order valence-corrected chi connectivity index (χ3v) is 4.69. The van der Waals surface area contributed by atoms with Crippen molar-refractivity contribution in [1.29, 1.82) is 0 Å². The Balaban J connectivity index is 0.00000338. The van der Waals surface area contributed by atoms with Crippen LogP contribution in [0.4, 0.5) is 5.69 Å². The molecule has 10 heteroatoms. The lowest BCUT2D eigenvalue weighted by Crippen LogP contribution is -2.29. The summed E-state index contributed by atoms with van der Waals surface area (Å²) in [6.45, 7) is 4.60. The number of nitrogens with two attached hydrogens (primary N) is 1. The highest BCUT2D eigenvalue weighted by molar-refractivity contribution is 14.0. The van der Waals surface area contributed by atoms with Crippen molar-refractivity contribution in [1.82, 2.24) is 9.88 Å². The van der Waals surface area contributed by atoms with Crippen LogP contribution in [0.3, 0.4) is 0 Å². The lowest BCUT2D eigenvalue weighted by Gasteiger charge is -2.10. The van der Waals surface area contributed by atoms with Gasteiger partial charge in [0.05, 0.1) is 12.2 Å². The van der Waals surface area contributed by atoms with E-state index in [1.807, 2.05) is 24.3 Å². The second-order valence-corrected chi connectivity index (χ2v) is 7.62. The SMILES string of the molecule is CC(C)c1cccc(NC(N)=NCCNS(=O)(=O)Cc2ccon2)c1.I. The zero-order valence-electron chi connectivity index (χ0n) is 14.7. The Labute approximate surface area is 170 Å². The average molecular weight is 493 g/mol. The van der Waals surface area contributed by atoms with Crippen molar-refractivity contribution in [3.05, 3.63) is 47.9 Å². The van der Waals surface area contributed by atoms with Crippen molar-refractivity contribution in [2.75, 3.05) is 18.4 Å². The first-order valence-electron chi connectivity index (χ1n) is 7.89. The van der Waals surface area contributed by atoms with E-state index in [0.29, 0.717) is 11.6 Å². The minimum Gasteiger partial charge on any atom is -0.370 e. The van der Waals surface area contributed by atoms with Crippen molar-refractivity contribution in [3.8, 4) is 0 Å². The molecule has 0 unspecified atom stereocenters. The van der Waals surface area contributed by atoms with Crippen LogP contribution >= 0.6 is 24.0 Å². The highest BCUT2D eigenvalue weighted by Crippen LogP contribution is 2.18. The van der Waals surface area contributed by atoms with Gasteiger partial charge in [0.1, 0.15) is 12.0 Å². The van der Waals surface area contributed by atoms with Crippen LogP contribution in [0, 0.1) is 0 Å². The summed E-state index contributed by atoms with van der Waals surface area (Å²) in [4.78, 5) is 4.12. The number of anilines is 1. The smallest absolute Gasteiger partial charge is 0.217 e. The van der Waals surface area contributed by atoms with Crippen LogP contribution < -0.4 is 15.8 Å². The third kappa shape index (κ3) is 7.70. The summed E-state index contributed by atoms with van der Waals surface area (Å²) >= 11 is 0. The number of hydrogen-bond donors (Lipinski definition) is 3. The molecule has 144 valence electrons. The Morgan fingerprint density at radius 2 is 2.12 bits per heavy atom.